The van der Waals surface area contributed by atoms with Crippen molar-refractivity contribution in [2.45, 2.75) is 24.2 Å². The highest BCUT2D eigenvalue weighted by atomic mass is 32.2. The van der Waals surface area contributed by atoms with E-state index in [0.29, 0.717) is 24.5 Å². The van der Waals surface area contributed by atoms with Crippen molar-refractivity contribution >= 4 is 10.0 Å². The molecule has 1 aromatic carbocycles. The van der Waals surface area contributed by atoms with Gasteiger partial charge in [-0.15, -0.1) is 0 Å². The molecule has 0 atom stereocenters. The van der Waals surface area contributed by atoms with E-state index in [1.807, 2.05) is 0 Å². The zero-order chi connectivity index (χ0) is 12.8. The largest absolute Gasteiger partial charge is 0.381 e. The highest BCUT2D eigenvalue weighted by Gasteiger charge is 2.20. The lowest BCUT2D eigenvalue weighted by molar-refractivity contribution is 0.123. The molecule has 0 amide bonds. The van der Waals surface area contributed by atoms with Crippen LogP contribution in [0, 0.1) is 5.92 Å². The van der Waals surface area contributed by atoms with E-state index in [-0.39, 0.29) is 0 Å². The van der Waals surface area contributed by atoms with E-state index in [1.54, 1.807) is 30.3 Å². The normalized spacial score (nSPS) is 15.8. The van der Waals surface area contributed by atoms with Crippen molar-refractivity contribution in [2.24, 2.45) is 5.92 Å². The van der Waals surface area contributed by atoms with Crippen molar-refractivity contribution in [3.63, 3.8) is 0 Å². The van der Waals surface area contributed by atoms with E-state index in [9.17, 15) is 8.42 Å². The number of sulfonamides is 1. The molecule has 1 saturated carbocycles. The molecule has 0 aromatic heterocycles. The lowest BCUT2D eigenvalue weighted by Crippen LogP contribution is -2.25. The molecule has 1 aliphatic rings. The third-order valence-corrected chi connectivity index (χ3v) is 4.34. The van der Waals surface area contributed by atoms with Crippen LogP contribution in [0.5, 0.6) is 0 Å². The summed E-state index contributed by atoms with van der Waals surface area (Å²) in [6.45, 7) is 1.86. The third-order valence-electron chi connectivity index (χ3n) is 2.86. The molecule has 0 heterocycles. The summed E-state index contributed by atoms with van der Waals surface area (Å²) in [5.41, 5.74) is 0. The second-order valence-corrected chi connectivity index (χ2v) is 6.35. The summed E-state index contributed by atoms with van der Waals surface area (Å²) in [5.74, 6) is 0.756. The van der Waals surface area contributed by atoms with Crippen LogP contribution in [0.4, 0.5) is 0 Å². The van der Waals surface area contributed by atoms with Crippen LogP contribution in [0.3, 0.4) is 0 Å². The monoisotopic (exact) mass is 269 g/mol. The molecular formula is C13H19NO3S. The first kappa shape index (κ1) is 13.5. The molecule has 2 rings (SSSR count). The summed E-state index contributed by atoms with van der Waals surface area (Å²) < 4.78 is 31.7. The summed E-state index contributed by atoms with van der Waals surface area (Å²) in [5, 5.41) is 0. The second kappa shape index (κ2) is 6.31. The minimum atomic E-state index is -3.36. The van der Waals surface area contributed by atoms with Gasteiger partial charge in [0.2, 0.25) is 10.0 Å². The molecule has 0 spiro atoms. The first-order valence-electron chi connectivity index (χ1n) is 6.31. The maximum atomic E-state index is 11.8. The van der Waals surface area contributed by atoms with Gasteiger partial charge in [0.25, 0.3) is 0 Å². The highest BCUT2D eigenvalue weighted by molar-refractivity contribution is 7.89. The molecule has 1 N–H and O–H groups in total. The van der Waals surface area contributed by atoms with Crippen molar-refractivity contribution in [2.75, 3.05) is 19.8 Å². The average Bonchev–Trinajstić information content (AvgIpc) is 3.19. The Hall–Kier alpha value is -0.910. The Labute approximate surface area is 108 Å². The van der Waals surface area contributed by atoms with Crippen molar-refractivity contribution in [1.82, 2.24) is 4.72 Å². The highest BCUT2D eigenvalue weighted by Crippen LogP contribution is 2.28. The van der Waals surface area contributed by atoms with E-state index in [2.05, 4.69) is 4.72 Å². The van der Waals surface area contributed by atoms with E-state index in [1.165, 1.54) is 12.8 Å². The SMILES string of the molecule is O=S(=O)(NCCCOCC1CC1)c1ccccc1. The zero-order valence-corrected chi connectivity index (χ0v) is 11.2. The molecule has 1 aromatic rings. The molecular weight excluding hydrogens is 250 g/mol. The van der Waals surface area contributed by atoms with Crippen LogP contribution in [0.2, 0.25) is 0 Å². The van der Waals surface area contributed by atoms with Crippen molar-refractivity contribution < 1.29 is 13.2 Å². The lowest BCUT2D eigenvalue weighted by atomic mass is 10.4. The molecule has 1 fully saturated rings. The molecule has 0 saturated heterocycles. The molecule has 0 aliphatic heterocycles. The average molecular weight is 269 g/mol. The Morgan fingerprint density at radius 2 is 1.94 bits per heavy atom. The Kier molecular flexibility index (Phi) is 4.74. The molecule has 18 heavy (non-hydrogen) atoms. The van der Waals surface area contributed by atoms with Gasteiger partial charge < -0.3 is 4.74 Å². The maximum Gasteiger partial charge on any atom is 0.240 e. The third kappa shape index (κ3) is 4.40. The second-order valence-electron chi connectivity index (χ2n) is 4.58. The quantitative estimate of drug-likeness (QED) is 0.732. The van der Waals surface area contributed by atoms with Crippen LogP contribution >= 0.6 is 0 Å². The van der Waals surface area contributed by atoms with Gasteiger partial charge in [0, 0.05) is 19.8 Å². The standard InChI is InChI=1S/C13H19NO3S/c15-18(16,13-5-2-1-3-6-13)14-9-4-10-17-11-12-7-8-12/h1-3,5-6,12,14H,4,7-11H2. The van der Waals surface area contributed by atoms with Gasteiger partial charge in [-0.25, -0.2) is 13.1 Å². The Bertz CT molecular complexity index is 454. The Morgan fingerprint density at radius 1 is 1.22 bits per heavy atom. The van der Waals surface area contributed by atoms with Crippen LogP contribution in [-0.2, 0) is 14.8 Å². The summed E-state index contributed by atoms with van der Waals surface area (Å²) >= 11 is 0. The summed E-state index contributed by atoms with van der Waals surface area (Å²) in [4.78, 5) is 0.309. The number of rotatable bonds is 8. The predicted molar refractivity (Wildman–Crippen MR) is 69.8 cm³/mol. The van der Waals surface area contributed by atoms with E-state index < -0.39 is 10.0 Å². The molecule has 5 heteroatoms. The van der Waals surface area contributed by atoms with E-state index in [0.717, 1.165) is 12.5 Å². The Morgan fingerprint density at radius 3 is 2.61 bits per heavy atom. The first-order chi connectivity index (χ1) is 8.68. The van der Waals surface area contributed by atoms with Crippen LogP contribution < -0.4 is 4.72 Å². The van der Waals surface area contributed by atoms with E-state index in [4.69, 9.17) is 4.74 Å². The maximum absolute atomic E-state index is 11.8. The zero-order valence-electron chi connectivity index (χ0n) is 10.3. The fourth-order valence-electron chi connectivity index (χ4n) is 1.60. The summed E-state index contributed by atoms with van der Waals surface area (Å²) in [6, 6.07) is 8.41. The Balaban J connectivity index is 1.65. The van der Waals surface area contributed by atoms with Gasteiger partial charge in [0.05, 0.1) is 4.90 Å². The lowest BCUT2D eigenvalue weighted by Gasteiger charge is -2.07. The number of hydrogen-bond acceptors (Lipinski definition) is 3. The minimum absolute atomic E-state index is 0.309. The summed E-state index contributed by atoms with van der Waals surface area (Å²) in [6.07, 6.45) is 3.26. The van der Waals surface area contributed by atoms with Gasteiger partial charge in [0.15, 0.2) is 0 Å². The molecule has 4 nitrogen and oxygen atoms in total. The van der Waals surface area contributed by atoms with Gasteiger partial charge in [-0.1, -0.05) is 18.2 Å². The van der Waals surface area contributed by atoms with Crippen LogP contribution in [-0.4, -0.2) is 28.2 Å². The molecule has 0 bridgehead atoms. The molecule has 1 aliphatic carbocycles. The van der Waals surface area contributed by atoms with Gasteiger partial charge in [-0.3, -0.25) is 0 Å². The van der Waals surface area contributed by atoms with Crippen LogP contribution in [0.25, 0.3) is 0 Å². The fraction of sp³-hybridized carbons (Fsp3) is 0.538. The topological polar surface area (TPSA) is 55.4 Å². The molecule has 100 valence electrons. The number of ether oxygens (including phenoxy) is 1. The van der Waals surface area contributed by atoms with Crippen molar-refractivity contribution in [3.8, 4) is 0 Å². The number of hydrogen-bond donors (Lipinski definition) is 1. The first-order valence-corrected chi connectivity index (χ1v) is 7.79. The molecule has 0 unspecified atom stereocenters. The fourth-order valence-corrected chi connectivity index (χ4v) is 2.69. The van der Waals surface area contributed by atoms with Gasteiger partial charge in [-0.2, -0.15) is 0 Å². The van der Waals surface area contributed by atoms with Crippen molar-refractivity contribution in [1.29, 1.82) is 0 Å². The predicted octanol–water partition coefficient (Wildman–Crippen LogP) is 1.78. The van der Waals surface area contributed by atoms with Gasteiger partial charge in [0.1, 0.15) is 0 Å². The van der Waals surface area contributed by atoms with Gasteiger partial charge >= 0.3 is 0 Å². The van der Waals surface area contributed by atoms with Crippen LogP contribution in [0.15, 0.2) is 35.2 Å². The van der Waals surface area contributed by atoms with Gasteiger partial charge in [-0.05, 0) is 37.3 Å². The molecule has 0 radical (unpaired) electrons. The summed E-state index contributed by atoms with van der Waals surface area (Å²) in [7, 11) is -3.36. The van der Waals surface area contributed by atoms with E-state index >= 15 is 0 Å². The minimum Gasteiger partial charge on any atom is -0.381 e. The van der Waals surface area contributed by atoms with Crippen LogP contribution in [0.1, 0.15) is 19.3 Å². The smallest absolute Gasteiger partial charge is 0.240 e. The van der Waals surface area contributed by atoms with Crippen molar-refractivity contribution in [3.05, 3.63) is 30.3 Å². The number of nitrogens with one attached hydrogen (secondary N) is 1. The number of benzene rings is 1.